The first-order valence-electron chi connectivity index (χ1n) is 7.53. The van der Waals surface area contributed by atoms with Crippen LogP contribution in [0.2, 0.25) is 0 Å². The number of aryl methyl sites for hydroxylation is 1. The van der Waals surface area contributed by atoms with Crippen LogP contribution in [0.4, 0.5) is 4.39 Å². The van der Waals surface area contributed by atoms with Crippen molar-refractivity contribution in [3.63, 3.8) is 0 Å². The molecule has 0 bridgehead atoms. The average Bonchev–Trinajstić information content (AvgIpc) is 2.87. The first kappa shape index (κ1) is 14.8. The normalized spacial score (nSPS) is 20.5. The molecule has 1 N–H and O–H groups in total. The summed E-state index contributed by atoms with van der Waals surface area (Å²) >= 11 is 0. The Labute approximate surface area is 128 Å². The van der Waals surface area contributed by atoms with E-state index in [1.807, 2.05) is 6.07 Å². The quantitative estimate of drug-likeness (QED) is 0.948. The number of nitrogens with one attached hydrogen (secondary N) is 1. The Morgan fingerprint density at radius 3 is 3.05 bits per heavy atom. The Morgan fingerprint density at radius 1 is 1.50 bits per heavy atom. The van der Waals surface area contributed by atoms with Crippen LogP contribution < -0.4 is 5.32 Å². The number of carbonyl (C=O) groups is 1. The van der Waals surface area contributed by atoms with Gasteiger partial charge in [-0.2, -0.15) is 0 Å². The van der Waals surface area contributed by atoms with E-state index in [2.05, 4.69) is 17.4 Å². The highest BCUT2D eigenvalue weighted by Crippen LogP contribution is 2.35. The number of hydrogen-bond donors (Lipinski definition) is 1. The fourth-order valence-corrected chi connectivity index (χ4v) is 3.09. The van der Waals surface area contributed by atoms with Crippen molar-refractivity contribution in [2.75, 3.05) is 0 Å². The summed E-state index contributed by atoms with van der Waals surface area (Å²) in [5.74, 6) is 0.650. The number of hydrogen-bond acceptors (Lipinski definition) is 3. The zero-order chi connectivity index (χ0) is 15.7. The molecule has 0 fully saturated rings. The molecule has 0 spiro atoms. The van der Waals surface area contributed by atoms with Gasteiger partial charge in [-0.15, -0.1) is 0 Å². The summed E-state index contributed by atoms with van der Waals surface area (Å²) in [6.45, 7) is 3.87. The Hall–Kier alpha value is -2.17. The van der Waals surface area contributed by atoms with Crippen LogP contribution in [-0.2, 0) is 17.6 Å². The first-order chi connectivity index (χ1) is 10.5. The lowest BCUT2D eigenvalue weighted by atomic mass is 9.80. The summed E-state index contributed by atoms with van der Waals surface area (Å²) < 4.78 is 18.9. The van der Waals surface area contributed by atoms with Crippen LogP contribution in [0.3, 0.4) is 0 Å². The van der Waals surface area contributed by atoms with E-state index >= 15 is 0 Å². The molecule has 0 saturated heterocycles. The van der Waals surface area contributed by atoms with Gasteiger partial charge in [0.1, 0.15) is 11.6 Å². The number of rotatable bonds is 3. The molecule has 4 nitrogen and oxygen atoms in total. The maximum atomic E-state index is 13.9. The van der Waals surface area contributed by atoms with Crippen molar-refractivity contribution in [2.45, 2.75) is 39.2 Å². The number of nitrogens with zero attached hydrogens (tertiary/aromatic N) is 1. The van der Waals surface area contributed by atoms with Gasteiger partial charge in [-0.1, -0.05) is 24.2 Å². The second-order valence-electron chi connectivity index (χ2n) is 5.97. The van der Waals surface area contributed by atoms with Gasteiger partial charge in [-0.25, -0.2) is 4.39 Å². The highest BCUT2D eigenvalue weighted by atomic mass is 19.1. The lowest BCUT2D eigenvalue weighted by molar-refractivity contribution is -0.121. The fourth-order valence-electron chi connectivity index (χ4n) is 3.09. The molecule has 2 aromatic rings. The molecule has 1 amide bonds. The molecule has 1 heterocycles. The zero-order valence-electron chi connectivity index (χ0n) is 12.7. The van der Waals surface area contributed by atoms with Gasteiger partial charge in [-0.3, -0.25) is 4.79 Å². The van der Waals surface area contributed by atoms with Crippen LogP contribution in [0.15, 0.2) is 28.8 Å². The van der Waals surface area contributed by atoms with E-state index in [4.69, 9.17) is 4.52 Å². The van der Waals surface area contributed by atoms with Crippen molar-refractivity contribution in [3.8, 4) is 0 Å². The standard InChI is InChI=1S/C17H19FN2O2/c1-10-6-7-13-14(4-3-5-15(13)18)17(10)19-16(21)9-12-8-11(2)22-20-12/h3-5,8,10,17H,6-7,9H2,1-2H3,(H,19,21)/t10-,17-/m0/s1. The van der Waals surface area contributed by atoms with Gasteiger partial charge in [0.25, 0.3) is 0 Å². The first-order valence-corrected chi connectivity index (χ1v) is 7.53. The SMILES string of the molecule is Cc1cc(CC(=O)N[C@@H]2c3cccc(F)c3CC[C@@H]2C)no1. The van der Waals surface area contributed by atoms with Crippen molar-refractivity contribution in [1.82, 2.24) is 10.5 Å². The third-order valence-corrected chi connectivity index (χ3v) is 4.24. The molecular formula is C17H19FN2O2. The summed E-state index contributed by atoms with van der Waals surface area (Å²) in [7, 11) is 0. The summed E-state index contributed by atoms with van der Waals surface area (Å²) in [6.07, 6.45) is 1.76. The Morgan fingerprint density at radius 2 is 2.32 bits per heavy atom. The maximum Gasteiger partial charge on any atom is 0.226 e. The van der Waals surface area contributed by atoms with Crippen molar-refractivity contribution >= 4 is 5.91 Å². The Balaban J connectivity index is 1.77. The molecule has 0 radical (unpaired) electrons. The van der Waals surface area contributed by atoms with Crippen molar-refractivity contribution in [2.24, 2.45) is 5.92 Å². The number of fused-ring (bicyclic) bond motifs is 1. The Kier molecular flexibility index (Phi) is 3.96. The van der Waals surface area contributed by atoms with Crippen molar-refractivity contribution in [3.05, 3.63) is 52.7 Å². The molecule has 1 aliphatic carbocycles. The number of halogens is 1. The summed E-state index contributed by atoms with van der Waals surface area (Å²) in [4.78, 5) is 12.2. The van der Waals surface area contributed by atoms with E-state index in [0.717, 1.165) is 24.0 Å². The summed E-state index contributed by atoms with van der Waals surface area (Å²) in [5, 5.41) is 6.85. The van der Waals surface area contributed by atoms with E-state index in [-0.39, 0.29) is 30.1 Å². The minimum atomic E-state index is -0.184. The molecular weight excluding hydrogens is 283 g/mol. The second kappa shape index (κ2) is 5.91. The van der Waals surface area contributed by atoms with Gasteiger partial charge in [0, 0.05) is 6.07 Å². The largest absolute Gasteiger partial charge is 0.361 e. The lowest BCUT2D eigenvalue weighted by Gasteiger charge is -2.32. The molecule has 3 rings (SSSR count). The summed E-state index contributed by atoms with van der Waals surface area (Å²) in [6, 6.07) is 6.68. The van der Waals surface area contributed by atoms with Crippen molar-refractivity contribution in [1.29, 1.82) is 0 Å². The molecule has 1 aromatic carbocycles. The predicted molar refractivity (Wildman–Crippen MR) is 79.7 cm³/mol. The molecule has 22 heavy (non-hydrogen) atoms. The van der Waals surface area contributed by atoms with Gasteiger partial charge in [0.2, 0.25) is 5.91 Å². The minimum Gasteiger partial charge on any atom is -0.361 e. The number of benzene rings is 1. The topological polar surface area (TPSA) is 55.1 Å². The fraction of sp³-hybridized carbons (Fsp3) is 0.412. The molecule has 1 aromatic heterocycles. The second-order valence-corrected chi connectivity index (χ2v) is 5.97. The van der Waals surface area contributed by atoms with Gasteiger partial charge in [-0.05, 0) is 42.9 Å². The average molecular weight is 302 g/mol. The van der Waals surface area contributed by atoms with Crippen molar-refractivity contribution < 1.29 is 13.7 Å². The highest BCUT2D eigenvalue weighted by molar-refractivity contribution is 5.78. The van der Waals surface area contributed by atoms with E-state index in [9.17, 15) is 9.18 Å². The monoisotopic (exact) mass is 302 g/mol. The van der Waals surface area contributed by atoms with Crippen LogP contribution in [0.25, 0.3) is 0 Å². The number of carbonyl (C=O) groups excluding carboxylic acids is 1. The van der Waals surface area contributed by atoms with E-state index in [1.54, 1.807) is 19.1 Å². The van der Waals surface area contributed by atoms with Gasteiger partial charge >= 0.3 is 0 Å². The highest BCUT2D eigenvalue weighted by Gasteiger charge is 2.29. The third kappa shape index (κ3) is 2.89. The molecule has 2 atom stereocenters. The van der Waals surface area contributed by atoms with Crippen LogP contribution in [0.1, 0.15) is 42.0 Å². The van der Waals surface area contributed by atoms with Crippen LogP contribution in [0, 0.1) is 18.7 Å². The van der Waals surface area contributed by atoms with Crippen LogP contribution in [-0.4, -0.2) is 11.1 Å². The number of amides is 1. The molecule has 0 unspecified atom stereocenters. The van der Waals surface area contributed by atoms with Gasteiger partial charge in [0.15, 0.2) is 0 Å². The van der Waals surface area contributed by atoms with E-state index in [0.29, 0.717) is 11.5 Å². The smallest absolute Gasteiger partial charge is 0.226 e. The molecule has 0 saturated carbocycles. The van der Waals surface area contributed by atoms with Gasteiger partial charge < -0.3 is 9.84 Å². The molecule has 1 aliphatic rings. The van der Waals surface area contributed by atoms with E-state index < -0.39 is 0 Å². The predicted octanol–water partition coefficient (Wildman–Crippen LogP) is 3.10. The Bertz CT molecular complexity index is 696. The van der Waals surface area contributed by atoms with E-state index in [1.165, 1.54) is 6.07 Å². The molecule has 0 aliphatic heterocycles. The van der Waals surface area contributed by atoms with Crippen LogP contribution >= 0.6 is 0 Å². The zero-order valence-corrected chi connectivity index (χ0v) is 12.7. The number of aromatic nitrogens is 1. The van der Waals surface area contributed by atoms with Gasteiger partial charge in [0.05, 0.1) is 18.2 Å². The van der Waals surface area contributed by atoms with Crippen LogP contribution in [0.5, 0.6) is 0 Å². The minimum absolute atomic E-state index is 0.123. The third-order valence-electron chi connectivity index (χ3n) is 4.24. The maximum absolute atomic E-state index is 13.9. The molecule has 5 heteroatoms. The molecule has 116 valence electrons. The lowest BCUT2D eigenvalue weighted by Crippen LogP contribution is -2.36. The summed E-state index contributed by atoms with van der Waals surface area (Å²) in [5.41, 5.74) is 2.23.